The van der Waals surface area contributed by atoms with Crippen LogP contribution in [0.25, 0.3) is 10.9 Å². The molecule has 16 heavy (non-hydrogen) atoms. The molecular formula is C11H9NO4. The van der Waals surface area contributed by atoms with Gasteiger partial charge in [0.1, 0.15) is 0 Å². The summed E-state index contributed by atoms with van der Waals surface area (Å²) in [7, 11) is 1.18. The zero-order valence-electron chi connectivity index (χ0n) is 8.51. The maximum Gasteiger partial charge on any atom is 0.358 e. The molecule has 0 unspecified atom stereocenters. The van der Waals surface area contributed by atoms with Crippen LogP contribution in [0.15, 0.2) is 35.1 Å². The molecule has 1 N–H and O–H groups in total. The van der Waals surface area contributed by atoms with Gasteiger partial charge in [0.15, 0.2) is 11.1 Å². The van der Waals surface area contributed by atoms with Crippen molar-refractivity contribution in [3.8, 4) is 0 Å². The Morgan fingerprint density at radius 3 is 2.75 bits per heavy atom. The molecule has 0 amide bonds. The lowest BCUT2D eigenvalue weighted by molar-refractivity contribution is 0.0551. The van der Waals surface area contributed by atoms with Gasteiger partial charge in [0, 0.05) is 11.5 Å². The molecule has 0 spiro atoms. The van der Waals surface area contributed by atoms with Crippen LogP contribution in [0.4, 0.5) is 0 Å². The lowest BCUT2D eigenvalue weighted by atomic mass is 10.2. The standard InChI is InChI=1S/C11H9NO4/c1-16-11(14)9-6-10(13)7-4-2-3-5-8(7)12(9)15/h2-6,15H,1H3. The van der Waals surface area contributed by atoms with E-state index < -0.39 is 5.97 Å². The van der Waals surface area contributed by atoms with Crippen molar-refractivity contribution < 1.29 is 14.7 Å². The van der Waals surface area contributed by atoms with E-state index in [9.17, 15) is 14.8 Å². The third-order valence-corrected chi connectivity index (χ3v) is 2.29. The minimum atomic E-state index is -0.759. The number of aromatic nitrogens is 1. The van der Waals surface area contributed by atoms with Crippen molar-refractivity contribution in [3.05, 3.63) is 46.2 Å². The van der Waals surface area contributed by atoms with E-state index in [-0.39, 0.29) is 16.6 Å². The maximum absolute atomic E-state index is 11.6. The molecule has 0 bridgehead atoms. The minimum Gasteiger partial charge on any atom is -0.464 e. The first kappa shape index (κ1) is 10.2. The maximum atomic E-state index is 11.6. The van der Waals surface area contributed by atoms with Gasteiger partial charge >= 0.3 is 5.97 Å². The highest BCUT2D eigenvalue weighted by atomic mass is 16.5. The van der Waals surface area contributed by atoms with Gasteiger partial charge in [-0.25, -0.2) is 4.79 Å². The quantitative estimate of drug-likeness (QED) is 0.574. The molecule has 5 nitrogen and oxygen atoms in total. The zero-order chi connectivity index (χ0) is 11.7. The van der Waals surface area contributed by atoms with Gasteiger partial charge in [-0.3, -0.25) is 4.79 Å². The van der Waals surface area contributed by atoms with Crippen molar-refractivity contribution in [1.82, 2.24) is 4.73 Å². The van der Waals surface area contributed by atoms with Crippen molar-refractivity contribution in [1.29, 1.82) is 0 Å². The van der Waals surface area contributed by atoms with Gasteiger partial charge < -0.3 is 9.94 Å². The molecule has 0 radical (unpaired) electrons. The van der Waals surface area contributed by atoms with Gasteiger partial charge in [-0.05, 0) is 12.1 Å². The first-order valence-electron chi connectivity index (χ1n) is 4.57. The predicted molar refractivity (Wildman–Crippen MR) is 56.7 cm³/mol. The normalized spacial score (nSPS) is 10.3. The highest BCUT2D eigenvalue weighted by Crippen LogP contribution is 2.11. The van der Waals surface area contributed by atoms with Crippen LogP contribution in [0.1, 0.15) is 10.5 Å². The molecule has 1 aromatic carbocycles. The van der Waals surface area contributed by atoms with Crippen LogP contribution in [0.5, 0.6) is 0 Å². The Morgan fingerprint density at radius 1 is 1.38 bits per heavy atom. The number of pyridine rings is 1. The predicted octanol–water partition coefficient (Wildman–Crippen LogP) is 1.03. The third-order valence-electron chi connectivity index (χ3n) is 2.29. The summed E-state index contributed by atoms with van der Waals surface area (Å²) in [6.07, 6.45) is 0. The van der Waals surface area contributed by atoms with E-state index >= 15 is 0 Å². The second-order valence-electron chi connectivity index (χ2n) is 3.21. The van der Waals surface area contributed by atoms with Crippen LogP contribution in [0.2, 0.25) is 0 Å². The van der Waals surface area contributed by atoms with Crippen LogP contribution >= 0.6 is 0 Å². The number of para-hydroxylation sites is 1. The molecule has 0 saturated carbocycles. The van der Waals surface area contributed by atoms with Gasteiger partial charge in [0.25, 0.3) is 0 Å². The van der Waals surface area contributed by atoms with E-state index in [0.717, 1.165) is 6.07 Å². The molecule has 0 aliphatic heterocycles. The smallest absolute Gasteiger partial charge is 0.358 e. The zero-order valence-corrected chi connectivity index (χ0v) is 8.51. The summed E-state index contributed by atoms with van der Waals surface area (Å²) in [4.78, 5) is 22.9. The number of fused-ring (bicyclic) bond motifs is 1. The fraction of sp³-hybridized carbons (Fsp3) is 0.0909. The van der Waals surface area contributed by atoms with E-state index in [1.54, 1.807) is 24.3 Å². The Balaban J connectivity index is 2.86. The van der Waals surface area contributed by atoms with Gasteiger partial charge in [0.2, 0.25) is 0 Å². The van der Waals surface area contributed by atoms with Crippen molar-refractivity contribution in [2.45, 2.75) is 0 Å². The van der Waals surface area contributed by atoms with Crippen LogP contribution in [0, 0.1) is 0 Å². The summed E-state index contributed by atoms with van der Waals surface area (Å²) in [6.45, 7) is 0. The van der Waals surface area contributed by atoms with Crippen LogP contribution in [-0.4, -0.2) is 23.0 Å². The summed E-state index contributed by atoms with van der Waals surface area (Å²) < 4.78 is 5.12. The molecule has 82 valence electrons. The summed E-state index contributed by atoms with van der Waals surface area (Å²) in [5, 5.41) is 10.1. The first-order chi connectivity index (χ1) is 7.65. The molecular weight excluding hydrogens is 210 g/mol. The summed E-state index contributed by atoms with van der Waals surface area (Å²) in [6, 6.07) is 7.51. The van der Waals surface area contributed by atoms with E-state index in [0.29, 0.717) is 10.1 Å². The van der Waals surface area contributed by atoms with Gasteiger partial charge in [-0.2, -0.15) is 4.73 Å². The lowest BCUT2D eigenvalue weighted by Gasteiger charge is -2.08. The third kappa shape index (κ3) is 1.42. The summed E-state index contributed by atoms with van der Waals surface area (Å²) in [5.41, 5.74) is -0.247. The lowest BCUT2D eigenvalue weighted by Crippen LogP contribution is -2.17. The van der Waals surface area contributed by atoms with E-state index in [4.69, 9.17) is 0 Å². The largest absolute Gasteiger partial charge is 0.464 e. The number of nitrogens with zero attached hydrogens (tertiary/aromatic N) is 1. The highest BCUT2D eigenvalue weighted by Gasteiger charge is 2.14. The number of esters is 1. The van der Waals surface area contributed by atoms with Crippen molar-refractivity contribution >= 4 is 16.9 Å². The monoisotopic (exact) mass is 219 g/mol. The fourth-order valence-electron chi connectivity index (χ4n) is 1.51. The molecule has 0 aliphatic rings. The Morgan fingerprint density at radius 2 is 2.06 bits per heavy atom. The Kier molecular flexibility index (Phi) is 2.36. The molecule has 1 aromatic heterocycles. The number of hydrogen-bond acceptors (Lipinski definition) is 4. The minimum absolute atomic E-state index is 0.189. The number of carbonyl (C=O) groups excluding carboxylic acids is 1. The van der Waals surface area contributed by atoms with Crippen LogP contribution < -0.4 is 5.43 Å². The van der Waals surface area contributed by atoms with Crippen LogP contribution in [-0.2, 0) is 4.74 Å². The molecule has 0 aliphatic carbocycles. The molecule has 1 heterocycles. The Hall–Kier alpha value is -2.30. The number of ether oxygens (including phenoxy) is 1. The molecule has 2 rings (SSSR count). The Bertz CT molecular complexity index is 615. The Labute approximate surface area is 90.5 Å². The molecule has 0 saturated heterocycles. The second-order valence-corrected chi connectivity index (χ2v) is 3.21. The second kappa shape index (κ2) is 3.69. The molecule has 0 atom stereocenters. The van der Waals surface area contributed by atoms with Crippen molar-refractivity contribution in [3.63, 3.8) is 0 Å². The SMILES string of the molecule is COC(=O)c1cc(=O)c2ccccc2n1O. The first-order valence-corrected chi connectivity index (χ1v) is 4.57. The van der Waals surface area contributed by atoms with E-state index in [1.165, 1.54) is 7.11 Å². The average Bonchev–Trinajstić information content (AvgIpc) is 2.33. The van der Waals surface area contributed by atoms with Gasteiger partial charge in [-0.1, -0.05) is 12.1 Å². The number of rotatable bonds is 1. The molecule has 5 heteroatoms. The van der Waals surface area contributed by atoms with E-state index in [2.05, 4.69) is 4.74 Å². The number of hydrogen-bond donors (Lipinski definition) is 1. The molecule has 2 aromatic rings. The number of carbonyl (C=O) groups is 1. The average molecular weight is 219 g/mol. The summed E-state index contributed by atoms with van der Waals surface area (Å²) >= 11 is 0. The fourth-order valence-corrected chi connectivity index (χ4v) is 1.51. The topological polar surface area (TPSA) is 68.5 Å². The highest BCUT2D eigenvalue weighted by molar-refractivity contribution is 5.91. The van der Waals surface area contributed by atoms with Crippen LogP contribution in [0.3, 0.4) is 0 Å². The summed E-state index contributed by atoms with van der Waals surface area (Å²) in [5.74, 6) is -0.759. The van der Waals surface area contributed by atoms with Crippen molar-refractivity contribution in [2.24, 2.45) is 0 Å². The number of benzene rings is 1. The van der Waals surface area contributed by atoms with E-state index in [1.807, 2.05) is 0 Å². The van der Waals surface area contributed by atoms with Gasteiger partial charge in [-0.15, -0.1) is 0 Å². The van der Waals surface area contributed by atoms with Gasteiger partial charge in [0.05, 0.1) is 12.6 Å². The van der Waals surface area contributed by atoms with Crippen molar-refractivity contribution in [2.75, 3.05) is 7.11 Å². The molecule has 0 fully saturated rings. The number of methoxy groups -OCH3 is 1.